The van der Waals surface area contributed by atoms with Crippen molar-refractivity contribution < 1.29 is 56.3 Å². The summed E-state index contributed by atoms with van der Waals surface area (Å²) in [7, 11) is -17.0. The molecule has 1 aliphatic heterocycles. The van der Waals surface area contributed by atoms with Crippen LogP contribution in [0.2, 0.25) is 0 Å². The molecule has 3 rings (SSSR count). The fourth-order valence-corrected chi connectivity index (χ4v) is 7.25. The number of azide groups is 1. The number of nitrogen functional groups attached to an aromatic ring is 1. The molecule has 0 amide bonds. The highest BCUT2D eigenvalue weighted by Crippen LogP contribution is 2.66. The Labute approximate surface area is 197 Å². The highest BCUT2D eigenvalue weighted by Gasteiger charge is 2.56. The lowest BCUT2D eigenvalue weighted by Crippen LogP contribution is -2.43. The van der Waals surface area contributed by atoms with Crippen LogP contribution in [-0.2, 0) is 31.6 Å². The molecule has 0 bridgehead atoms. The van der Waals surface area contributed by atoms with Gasteiger partial charge < -0.3 is 35.2 Å². The van der Waals surface area contributed by atoms with E-state index in [-0.39, 0.29) is 5.82 Å². The molecule has 7 N–H and O–H groups in total. The summed E-state index contributed by atoms with van der Waals surface area (Å²) in [5.41, 5.74) is 12.9. The lowest BCUT2D eigenvalue weighted by Gasteiger charge is -2.27. The number of nitrogens with two attached hydrogens (primary N) is 1. The third-order valence-electron chi connectivity index (χ3n) is 4.16. The maximum Gasteiger partial charge on any atom is 0.490 e. The number of anilines is 1. The summed E-state index contributed by atoms with van der Waals surface area (Å²) in [6, 6.07) is 0. The number of phosphoric ester groups is 1. The molecule has 0 saturated carbocycles. The van der Waals surface area contributed by atoms with Gasteiger partial charge in [-0.2, -0.15) is 8.62 Å². The number of halogens is 1. The molecule has 2 unspecified atom stereocenters. The second-order valence-corrected chi connectivity index (χ2v) is 12.3. The minimum Gasteiger partial charge on any atom is -0.388 e. The van der Waals surface area contributed by atoms with Crippen LogP contribution in [0.4, 0.5) is 5.82 Å². The van der Waals surface area contributed by atoms with Crippen molar-refractivity contribution in [3.8, 4) is 0 Å². The Bertz CT molecular complexity index is 1290. The van der Waals surface area contributed by atoms with Gasteiger partial charge in [-0.05, 0) is 10.9 Å². The van der Waals surface area contributed by atoms with Gasteiger partial charge in [0.2, 0.25) is 0 Å². The lowest BCUT2D eigenvalue weighted by atomic mass is 10.0. The first-order valence-electron chi connectivity index (χ1n) is 8.42. The monoisotopic (exact) mass is 582 g/mol. The lowest BCUT2D eigenvalue weighted by molar-refractivity contribution is -0.105. The van der Waals surface area contributed by atoms with E-state index in [1.165, 1.54) is 11.7 Å². The minimum absolute atomic E-state index is 0.153. The second-order valence-electron chi connectivity index (χ2n) is 6.45. The summed E-state index contributed by atoms with van der Waals surface area (Å²) in [5.74, 6) is 0.153. The fraction of sp³-hybridized carbons (Fsp3) is 0.455. The Hall–Kier alpha value is -1.23. The van der Waals surface area contributed by atoms with Crippen molar-refractivity contribution in [3.63, 3.8) is 0 Å². The summed E-state index contributed by atoms with van der Waals surface area (Å²) in [4.78, 5) is 46.5. The van der Waals surface area contributed by atoms with Gasteiger partial charge in [0, 0.05) is 10.5 Å². The molecule has 0 spiro atoms. The standard InChI is InChI=1S/C11H14ClN6O12P3S/c12-5-7(4-1-34-8-6(4)15-3-16-10(8)13)28-11(9(5)19,17-18-14)2-27-32(23,24)30-33(25,26)29-31(20,21)22/h1,3,5,7,9,19H,2H2,(H,23,24)(H,25,26)(H2,13,15,16)(H2,20,21,22)/t5-,7-,9-,11-/m0/s1. The quantitative estimate of drug-likeness (QED) is 0.0805. The molecular weight excluding hydrogens is 569 g/mol. The average Bonchev–Trinajstić information content (AvgIpc) is 3.20. The van der Waals surface area contributed by atoms with Crippen LogP contribution in [0.3, 0.4) is 0 Å². The number of ether oxygens (including phenoxy) is 1. The summed E-state index contributed by atoms with van der Waals surface area (Å²) < 4.78 is 52.0. The SMILES string of the molecule is [N-]=[N+]=N[C@@]1(COP(=O)(O)OP(=O)(O)OP(=O)(O)O)O[C@@H](c2csc3c(N)ncnc23)[C@H](Cl)[C@@H]1O. The van der Waals surface area contributed by atoms with Crippen molar-refractivity contribution in [1.29, 1.82) is 0 Å². The Morgan fingerprint density at radius 2 is 1.94 bits per heavy atom. The molecule has 1 saturated heterocycles. The summed E-state index contributed by atoms with van der Waals surface area (Å²) in [6.45, 7) is -1.26. The van der Waals surface area contributed by atoms with Crippen LogP contribution in [0.1, 0.15) is 11.7 Å². The maximum absolute atomic E-state index is 12.0. The smallest absolute Gasteiger partial charge is 0.388 e. The van der Waals surface area contributed by atoms with Gasteiger partial charge in [-0.3, -0.25) is 4.52 Å². The predicted molar refractivity (Wildman–Crippen MR) is 113 cm³/mol. The largest absolute Gasteiger partial charge is 0.490 e. The van der Waals surface area contributed by atoms with Crippen molar-refractivity contribution in [2.45, 2.75) is 23.3 Å². The van der Waals surface area contributed by atoms with Gasteiger partial charge in [-0.25, -0.2) is 23.7 Å². The molecule has 18 nitrogen and oxygen atoms in total. The number of thiophene rings is 1. The molecule has 1 aliphatic rings. The molecule has 2 aromatic rings. The van der Waals surface area contributed by atoms with E-state index in [9.17, 15) is 28.6 Å². The number of hydrogen-bond donors (Lipinski definition) is 6. The number of rotatable bonds is 9. The highest BCUT2D eigenvalue weighted by atomic mass is 35.5. The van der Waals surface area contributed by atoms with Gasteiger partial charge in [0.1, 0.15) is 24.4 Å². The second kappa shape index (κ2) is 9.67. The third-order valence-corrected chi connectivity index (χ3v) is 9.42. The van der Waals surface area contributed by atoms with E-state index < -0.39 is 53.4 Å². The van der Waals surface area contributed by atoms with Crippen molar-refractivity contribution in [3.05, 3.63) is 27.7 Å². The van der Waals surface area contributed by atoms with Crippen molar-refractivity contribution >= 4 is 62.4 Å². The van der Waals surface area contributed by atoms with Crippen molar-refractivity contribution in [1.82, 2.24) is 9.97 Å². The molecule has 6 atom stereocenters. The zero-order valence-corrected chi connectivity index (χ0v) is 20.4. The zero-order chi connectivity index (χ0) is 25.5. The predicted octanol–water partition coefficient (Wildman–Crippen LogP) is 1.66. The van der Waals surface area contributed by atoms with Gasteiger partial charge in [0.15, 0.2) is 5.72 Å². The van der Waals surface area contributed by atoms with E-state index in [0.29, 0.717) is 15.8 Å². The molecule has 0 aromatic carbocycles. The number of aliphatic hydroxyl groups is 1. The average molecular weight is 583 g/mol. The molecule has 2 aromatic heterocycles. The molecule has 34 heavy (non-hydrogen) atoms. The molecule has 0 aliphatic carbocycles. The Morgan fingerprint density at radius 3 is 2.56 bits per heavy atom. The normalized spacial score (nSPS) is 28.8. The van der Waals surface area contributed by atoms with E-state index in [2.05, 4.69) is 33.1 Å². The first-order valence-corrected chi connectivity index (χ1v) is 14.3. The number of fused-ring (bicyclic) bond motifs is 1. The molecule has 3 heterocycles. The maximum atomic E-state index is 12.0. The highest BCUT2D eigenvalue weighted by molar-refractivity contribution is 7.66. The third kappa shape index (κ3) is 5.94. The number of alkyl halides is 1. The number of aliphatic hydroxyl groups excluding tert-OH is 1. The number of phosphoric acid groups is 3. The summed E-state index contributed by atoms with van der Waals surface area (Å²) >= 11 is 7.40. The van der Waals surface area contributed by atoms with Crippen molar-refractivity contribution in [2.75, 3.05) is 12.3 Å². The van der Waals surface area contributed by atoms with E-state index in [1.54, 1.807) is 0 Å². The first kappa shape index (κ1) is 27.4. The van der Waals surface area contributed by atoms with Gasteiger partial charge >= 0.3 is 23.5 Å². The Balaban J connectivity index is 1.86. The van der Waals surface area contributed by atoms with E-state index in [1.807, 2.05) is 0 Å². The van der Waals surface area contributed by atoms with Crippen LogP contribution in [0.15, 0.2) is 16.8 Å². The van der Waals surface area contributed by atoms with Gasteiger partial charge in [-0.1, -0.05) is 5.11 Å². The van der Waals surface area contributed by atoms with Crippen LogP contribution in [-0.4, -0.2) is 58.5 Å². The minimum atomic E-state index is -5.80. The van der Waals surface area contributed by atoms with Crippen LogP contribution in [0.25, 0.3) is 20.7 Å². The molecule has 188 valence electrons. The molecule has 1 fully saturated rings. The van der Waals surface area contributed by atoms with Crippen LogP contribution < -0.4 is 5.73 Å². The summed E-state index contributed by atoms with van der Waals surface area (Å²) in [5, 5.41) is 14.1. The topological polar surface area (TPSA) is 290 Å². The summed E-state index contributed by atoms with van der Waals surface area (Å²) in [6.07, 6.45) is -1.91. The number of aromatic nitrogens is 2. The number of nitrogens with zero attached hydrogens (tertiary/aromatic N) is 5. The van der Waals surface area contributed by atoms with Crippen LogP contribution in [0.5, 0.6) is 0 Å². The van der Waals surface area contributed by atoms with E-state index >= 15 is 0 Å². The Morgan fingerprint density at radius 1 is 1.26 bits per heavy atom. The van der Waals surface area contributed by atoms with E-state index in [4.69, 9.17) is 37.4 Å². The first-order chi connectivity index (χ1) is 15.6. The van der Waals surface area contributed by atoms with Crippen molar-refractivity contribution in [2.24, 2.45) is 5.11 Å². The van der Waals surface area contributed by atoms with Gasteiger partial charge in [0.25, 0.3) is 0 Å². The molecule has 0 radical (unpaired) electrons. The van der Waals surface area contributed by atoms with E-state index in [0.717, 1.165) is 11.3 Å². The molecule has 23 heteroatoms. The Kier molecular flexibility index (Phi) is 7.78. The molecular formula is C11H14ClN6O12P3S. The van der Waals surface area contributed by atoms with Gasteiger partial charge in [-0.15, -0.1) is 22.9 Å². The van der Waals surface area contributed by atoms with Crippen LogP contribution >= 0.6 is 46.4 Å². The van der Waals surface area contributed by atoms with Gasteiger partial charge in [0.05, 0.1) is 22.2 Å². The number of hydrogen-bond acceptors (Lipinski definition) is 13. The fourth-order valence-electron chi connectivity index (χ4n) is 2.88. The zero-order valence-electron chi connectivity index (χ0n) is 16.1. The van der Waals surface area contributed by atoms with Crippen LogP contribution in [0, 0.1) is 0 Å².